The molecule has 0 fully saturated rings. The van der Waals surface area contributed by atoms with Crippen molar-refractivity contribution in [3.8, 4) is 5.69 Å². The van der Waals surface area contributed by atoms with Crippen LogP contribution in [0.2, 0.25) is 0 Å². The Bertz CT molecular complexity index is 805. The largest absolute Gasteiger partial charge is 0.481 e. The van der Waals surface area contributed by atoms with Gasteiger partial charge in [0.2, 0.25) is 0 Å². The molecule has 2 amide bonds. The predicted molar refractivity (Wildman–Crippen MR) is 101 cm³/mol. The highest BCUT2D eigenvalue weighted by Gasteiger charge is 2.22. The van der Waals surface area contributed by atoms with Gasteiger partial charge in [-0.1, -0.05) is 39.0 Å². The standard InChI is InChI=1S/C19H26N4O3/c1-13-8-6-7-9-14(13)23-16(12-15(21-23)19(2,3)4)20-18(26)22(5)11-10-17(24)25/h6-9,12H,10-11H2,1-5H3,(H,20,26)(H,24,25). The van der Waals surface area contributed by atoms with Gasteiger partial charge in [-0.25, -0.2) is 9.48 Å². The number of carboxylic acids is 1. The summed E-state index contributed by atoms with van der Waals surface area (Å²) in [4.78, 5) is 24.5. The lowest BCUT2D eigenvalue weighted by atomic mass is 9.92. The minimum atomic E-state index is -0.940. The molecular weight excluding hydrogens is 332 g/mol. The highest BCUT2D eigenvalue weighted by Crippen LogP contribution is 2.27. The van der Waals surface area contributed by atoms with Gasteiger partial charge in [0, 0.05) is 25.1 Å². The fourth-order valence-electron chi connectivity index (χ4n) is 2.39. The number of para-hydroxylation sites is 1. The van der Waals surface area contributed by atoms with E-state index in [9.17, 15) is 9.59 Å². The van der Waals surface area contributed by atoms with Crippen molar-refractivity contribution in [3.63, 3.8) is 0 Å². The van der Waals surface area contributed by atoms with Crippen LogP contribution in [0, 0.1) is 6.92 Å². The molecule has 0 bridgehead atoms. The molecule has 0 saturated carbocycles. The smallest absolute Gasteiger partial charge is 0.322 e. The lowest BCUT2D eigenvalue weighted by molar-refractivity contribution is -0.137. The number of rotatable bonds is 5. The predicted octanol–water partition coefficient (Wildman–Crippen LogP) is 3.42. The van der Waals surface area contributed by atoms with Crippen LogP contribution >= 0.6 is 0 Å². The summed E-state index contributed by atoms with van der Waals surface area (Å²) in [6.45, 7) is 8.29. The number of amides is 2. The summed E-state index contributed by atoms with van der Waals surface area (Å²) in [5, 5.41) is 16.3. The molecule has 2 N–H and O–H groups in total. The van der Waals surface area contributed by atoms with E-state index in [0.29, 0.717) is 5.82 Å². The lowest BCUT2D eigenvalue weighted by Crippen LogP contribution is -2.33. The van der Waals surface area contributed by atoms with Gasteiger partial charge in [-0.05, 0) is 18.6 Å². The lowest BCUT2D eigenvalue weighted by Gasteiger charge is -2.17. The summed E-state index contributed by atoms with van der Waals surface area (Å²) < 4.78 is 1.72. The average molecular weight is 358 g/mol. The average Bonchev–Trinajstić information content (AvgIpc) is 2.96. The first-order chi connectivity index (χ1) is 12.1. The van der Waals surface area contributed by atoms with Gasteiger partial charge in [0.25, 0.3) is 0 Å². The van der Waals surface area contributed by atoms with Crippen LogP contribution in [0.4, 0.5) is 10.6 Å². The number of carbonyl (C=O) groups is 2. The van der Waals surface area contributed by atoms with Gasteiger partial charge in [0.05, 0.1) is 17.8 Å². The maximum absolute atomic E-state index is 12.4. The summed E-state index contributed by atoms with van der Waals surface area (Å²) >= 11 is 0. The van der Waals surface area contributed by atoms with Gasteiger partial charge >= 0.3 is 12.0 Å². The highest BCUT2D eigenvalue weighted by molar-refractivity contribution is 5.89. The molecule has 0 aliphatic rings. The summed E-state index contributed by atoms with van der Waals surface area (Å²) in [5.74, 6) is -0.388. The summed E-state index contributed by atoms with van der Waals surface area (Å²) in [7, 11) is 1.57. The van der Waals surface area contributed by atoms with Crippen molar-refractivity contribution in [2.75, 3.05) is 18.9 Å². The van der Waals surface area contributed by atoms with E-state index in [-0.39, 0.29) is 24.4 Å². The van der Waals surface area contributed by atoms with E-state index in [1.165, 1.54) is 4.90 Å². The second-order valence-electron chi connectivity index (χ2n) is 7.36. The zero-order chi connectivity index (χ0) is 19.5. The molecule has 2 rings (SSSR count). The number of aromatic nitrogens is 2. The van der Waals surface area contributed by atoms with Gasteiger partial charge in [-0.2, -0.15) is 5.10 Å². The fourth-order valence-corrected chi connectivity index (χ4v) is 2.39. The number of urea groups is 1. The molecule has 26 heavy (non-hydrogen) atoms. The Morgan fingerprint density at radius 3 is 2.50 bits per heavy atom. The molecule has 0 aliphatic heterocycles. The molecule has 0 spiro atoms. The third kappa shape index (κ3) is 4.62. The Labute approximate surface area is 153 Å². The number of benzene rings is 1. The molecule has 0 aliphatic carbocycles. The number of carboxylic acid groups (broad SMARTS) is 1. The molecule has 1 heterocycles. The molecule has 0 atom stereocenters. The number of hydrogen-bond donors (Lipinski definition) is 2. The van der Waals surface area contributed by atoms with E-state index in [1.807, 2.05) is 37.3 Å². The van der Waals surface area contributed by atoms with E-state index >= 15 is 0 Å². The number of hydrogen-bond acceptors (Lipinski definition) is 3. The number of aryl methyl sites for hydroxylation is 1. The van der Waals surface area contributed by atoms with E-state index in [2.05, 4.69) is 31.2 Å². The van der Waals surface area contributed by atoms with Crippen molar-refractivity contribution < 1.29 is 14.7 Å². The molecule has 0 radical (unpaired) electrons. The van der Waals surface area contributed by atoms with Gasteiger partial charge in [-0.15, -0.1) is 0 Å². The van der Waals surface area contributed by atoms with Crippen LogP contribution in [0.5, 0.6) is 0 Å². The second kappa shape index (κ2) is 7.59. The molecule has 7 heteroatoms. The van der Waals surface area contributed by atoms with Crippen LogP contribution in [0.15, 0.2) is 30.3 Å². The van der Waals surface area contributed by atoms with Crippen LogP contribution in [0.25, 0.3) is 5.69 Å². The van der Waals surface area contributed by atoms with Crippen molar-refractivity contribution in [2.45, 2.75) is 39.5 Å². The number of carbonyl (C=O) groups excluding carboxylic acids is 1. The van der Waals surface area contributed by atoms with Crippen molar-refractivity contribution in [2.24, 2.45) is 0 Å². The topological polar surface area (TPSA) is 87.5 Å². The number of nitrogens with one attached hydrogen (secondary N) is 1. The first-order valence-corrected chi connectivity index (χ1v) is 8.50. The fraction of sp³-hybridized carbons (Fsp3) is 0.421. The molecule has 1 aromatic heterocycles. The monoisotopic (exact) mass is 358 g/mol. The van der Waals surface area contributed by atoms with Crippen LogP contribution in [-0.2, 0) is 10.2 Å². The number of nitrogens with zero attached hydrogens (tertiary/aromatic N) is 3. The van der Waals surface area contributed by atoms with Crippen molar-refractivity contribution in [1.29, 1.82) is 0 Å². The Morgan fingerprint density at radius 2 is 1.92 bits per heavy atom. The van der Waals surface area contributed by atoms with E-state index in [4.69, 9.17) is 5.11 Å². The molecule has 0 unspecified atom stereocenters. The SMILES string of the molecule is Cc1ccccc1-n1nc(C(C)(C)C)cc1NC(=O)N(C)CCC(=O)O. The Balaban J connectivity index is 2.35. The molecule has 2 aromatic rings. The molecular formula is C19H26N4O3. The molecule has 140 valence electrons. The first-order valence-electron chi connectivity index (χ1n) is 8.50. The number of anilines is 1. The summed E-state index contributed by atoms with van der Waals surface area (Å²) in [6, 6.07) is 9.28. The molecule has 1 aromatic carbocycles. The Morgan fingerprint density at radius 1 is 1.27 bits per heavy atom. The van der Waals surface area contributed by atoms with Crippen molar-refractivity contribution >= 4 is 17.8 Å². The van der Waals surface area contributed by atoms with E-state index < -0.39 is 5.97 Å². The van der Waals surface area contributed by atoms with Crippen LogP contribution in [0.3, 0.4) is 0 Å². The first kappa shape index (κ1) is 19.5. The maximum atomic E-state index is 12.4. The van der Waals surface area contributed by atoms with Crippen LogP contribution < -0.4 is 5.32 Å². The van der Waals surface area contributed by atoms with Gasteiger partial charge < -0.3 is 10.0 Å². The third-order valence-electron chi connectivity index (χ3n) is 4.06. The van der Waals surface area contributed by atoms with E-state index in [0.717, 1.165) is 16.9 Å². The quantitative estimate of drug-likeness (QED) is 0.857. The Hall–Kier alpha value is -2.83. The van der Waals surface area contributed by atoms with E-state index in [1.54, 1.807) is 11.7 Å². The summed E-state index contributed by atoms with van der Waals surface area (Å²) in [5.41, 5.74) is 2.59. The molecule has 0 saturated heterocycles. The highest BCUT2D eigenvalue weighted by atomic mass is 16.4. The van der Waals surface area contributed by atoms with Gasteiger partial charge in [0.15, 0.2) is 0 Å². The summed E-state index contributed by atoms with van der Waals surface area (Å²) in [6.07, 6.45) is -0.103. The van der Waals surface area contributed by atoms with Crippen LogP contribution in [0.1, 0.15) is 38.4 Å². The minimum Gasteiger partial charge on any atom is -0.481 e. The zero-order valence-corrected chi connectivity index (χ0v) is 15.9. The van der Waals surface area contributed by atoms with Crippen molar-refractivity contribution in [1.82, 2.24) is 14.7 Å². The maximum Gasteiger partial charge on any atom is 0.322 e. The second-order valence-corrected chi connectivity index (χ2v) is 7.36. The van der Waals surface area contributed by atoms with Crippen molar-refractivity contribution in [3.05, 3.63) is 41.6 Å². The number of aliphatic carboxylic acids is 1. The normalized spacial score (nSPS) is 11.3. The minimum absolute atomic E-state index is 0.103. The Kier molecular flexibility index (Phi) is 5.69. The van der Waals surface area contributed by atoms with Gasteiger partial charge in [0.1, 0.15) is 5.82 Å². The van der Waals surface area contributed by atoms with Gasteiger partial charge in [-0.3, -0.25) is 10.1 Å². The molecule has 7 nitrogen and oxygen atoms in total. The third-order valence-corrected chi connectivity index (χ3v) is 4.06. The van der Waals surface area contributed by atoms with Crippen LogP contribution in [-0.4, -0.2) is 45.4 Å². The zero-order valence-electron chi connectivity index (χ0n) is 15.9.